The topological polar surface area (TPSA) is 0 Å². The molecular weight excluding hydrogens is 152 g/mol. The summed E-state index contributed by atoms with van der Waals surface area (Å²) in [7, 11) is 0. The van der Waals surface area contributed by atoms with E-state index in [0.29, 0.717) is 10.7 Å². The Balaban J connectivity index is 4.26. The average Bonchev–Trinajstić information content (AvgIpc) is 2.08. The van der Waals surface area contributed by atoms with Crippen LogP contribution >= 0.6 is 12.6 Å². The largest absolute Gasteiger partial charge is 0.175 e. The van der Waals surface area contributed by atoms with Crippen molar-refractivity contribution in [1.82, 2.24) is 0 Å². The molecule has 0 aliphatic rings. The van der Waals surface area contributed by atoms with Gasteiger partial charge in [-0.25, -0.2) is 0 Å². The van der Waals surface area contributed by atoms with Gasteiger partial charge < -0.3 is 0 Å². The Hall–Kier alpha value is 0.350. The second-order valence-corrected chi connectivity index (χ2v) is 3.97. The third-order valence-electron chi connectivity index (χ3n) is 3.21. The molecule has 0 bridgehead atoms. The zero-order valence-corrected chi connectivity index (χ0v) is 9.25. The smallest absolute Gasteiger partial charge is 0.00703 e. The fourth-order valence-corrected chi connectivity index (χ4v) is 2.44. The van der Waals surface area contributed by atoms with Crippen LogP contribution in [-0.2, 0) is 0 Å². The van der Waals surface area contributed by atoms with Crippen molar-refractivity contribution in [3.05, 3.63) is 0 Å². The van der Waals surface area contributed by atoms with Crippen LogP contribution in [0.25, 0.3) is 0 Å². The van der Waals surface area contributed by atoms with E-state index in [9.17, 15) is 0 Å². The van der Waals surface area contributed by atoms with Gasteiger partial charge in [0.2, 0.25) is 0 Å². The summed E-state index contributed by atoms with van der Waals surface area (Å²) in [5.74, 6) is 0. The van der Waals surface area contributed by atoms with Crippen LogP contribution in [0.5, 0.6) is 0 Å². The van der Waals surface area contributed by atoms with Gasteiger partial charge in [-0.15, -0.1) is 0 Å². The molecule has 0 aromatic carbocycles. The maximum absolute atomic E-state index is 4.65. The number of hydrogen-bond donors (Lipinski definition) is 1. The molecule has 11 heavy (non-hydrogen) atoms. The molecule has 0 rings (SSSR count). The molecule has 0 aliphatic heterocycles. The van der Waals surface area contributed by atoms with Crippen molar-refractivity contribution >= 4 is 12.6 Å². The van der Waals surface area contributed by atoms with Gasteiger partial charge in [0.15, 0.2) is 0 Å². The Bertz CT molecular complexity index is 86.8. The SMILES string of the molecule is CCC(S)C(CC)(CC)CC. The minimum absolute atomic E-state index is 0.498. The summed E-state index contributed by atoms with van der Waals surface area (Å²) in [6.07, 6.45) is 4.99. The first-order valence-corrected chi connectivity index (χ1v) is 5.36. The van der Waals surface area contributed by atoms with E-state index in [2.05, 4.69) is 40.3 Å². The van der Waals surface area contributed by atoms with Crippen LogP contribution in [-0.4, -0.2) is 5.25 Å². The van der Waals surface area contributed by atoms with E-state index in [1.165, 1.54) is 25.7 Å². The number of hydrogen-bond acceptors (Lipinski definition) is 1. The van der Waals surface area contributed by atoms with Crippen molar-refractivity contribution in [2.24, 2.45) is 5.41 Å². The van der Waals surface area contributed by atoms with Crippen LogP contribution in [0, 0.1) is 5.41 Å². The van der Waals surface area contributed by atoms with Crippen LogP contribution in [0.3, 0.4) is 0 Å². The number of rotatable bonds is 5. The zero-order valence-electron chi connectivity index (χ0n) is 8.35. The molecule has 1 atom stereocenters. The van der Waals surface area contributed by atoms with Gasteiger partial charge in [0.1, 0.15) is 0 Å². The van der Waals surface area contributed by atoms with E-state index in [-0.39, 0.29) is 0 Å². The molecular formula is C10H22S. The molecule has 1 unspecified atom stereocenters. The molecule has 0 heterocycles. The van der Waals surface area contributed by atoms with Gasteiger partial charge in [-0.3, -0.25) is 0 Å². The average molecular weight is 174 g/mol. The quantitative estimate of drug-likeness (QED) is 0.600. The van der Waals surface area contributed by atoms with Crippen LogP contribution in [0.2, 0.25) is 0 Å². The van der Waals surface area contributed by atoms with Crippen LogP contribution in [0.4, 0.5) is 0 Å². The highest BCUT2D eigenvalue weighted by Crippen LogP contribution is 2.38. The first kappa shape index (κ1) is 11.4. The molecule has 0 aromatic heterocycles. The van der Waals surface area contributed by atoms with Crippen molar-refractivity contribution < 1.29 is 0 Å². The minimum atomic E-state index is 0.498. The predicted octanol–water partition coefficient (Wildman–Crippen LogP) is 3.91. The molecule has 0 amide bonds. The molecule has 0 saturated carbocycles. The van der Waals surface area contributed by atoms with Crippen LogP contribution in [0.15, 0.2) is 0 Å². The lowest BCUT2D eigenvalue weighted by Gasteiger charge is -2.35. The third kappa shape index (κ3) is 2.40. The summed E-state index contributed by atoms with van der Waals surface area (Å²) in [5.41, 5.74) is 0.498. The summed E-state index contributed by atoms with van der Waals surface area (Å²) >= 11 is 4.65. The fraction of sp³-hybridized carbons (Fsp3) is 1.00. The Morgan fingerprint density at radius 3 is 1.45 bits per heavy atom. The molecule has 0 spiro atoms. The maximum Gasteiger partial charge on any atom is 0.00703 e. The summed E-state index contributed by atoms with van der Waals surface area (Å²) in [6.45, 7) is 9.08. The molecule has 0 saturated heterocycles. The molecule has 0 radical (unpaired) electrons. The van der Waals surface area contributed by atoms with Crippen LogP contribution in [0.1, 0.15) is 53.4 Å². The van der Waals surface area contributed by atoms with Crippen molar-refractivity contribution in [1.29, 1.82) is 0 Å². The lowest BCUT2D eigenvalue weighted by Crippen LogP contribution is -2.29. The Labute approximate surface area is 77.2 Å². The first-order valence-electron chi connectivity index (χ1n) is 4.84. The number of thiol groups is 1. The highest BCUT2D eigenvalue weighted by molar-refractivity contribution is 7.81. The normalized spacial score (nSPS) is 15.0. The monoisotopic (exact) mass is 174 g/mol. The van der Waals surface area contributed by atoms with Gasteiger partial charge in [-0.2, -0.15) is 12.6 Å². The van der Waals surface area contributed by atoms with Gasteiger partial charge in [-0.05, 0) is 31.1 Å². The molecule has 0 aliphatic carbocycles. The van der Waals surface area contributed by atoms with E-state index < -0.39 is 0 Å². The van der Waals surface area contributed by atoms with Crippen molar-refractivity contribution in [2.45, 2.75) is 58.6 Å². The Morgan fingerprint density at radius 1 is 1.00 bits per heavy atom. The highest BCUT2D eigenvalue weighted by Gasteiger charge is 2.29. The first-order chi connectivity index (χ1) is 5.16. The van der Waals surface area contributed by atoms with Gasteiger partial charge in [-0.1, -0.05) is 27.7 Å². The van der Waals surface area contributed by atoms with E-state index in [0.717, 1.165) is 0 Å². The van der Waals surface area contributed by atoms with Gasteiger partial charge in [0.05, 0.1) is 0 Å². The summed E-state index contributed by atoms with van der Waals surface area (Å²) in [5, 5.41) is 0.586. The van der Waals surface area contributed by atoms with Gasteiger partial charge in [0.25, 0.3) is 0 Å². The molecule has 0 fully saturated rings. The van der Waals surface area contributed by atoms with E-state index in [1.54, 1.807) is 0 Å². The molecule has 0 nitrogen and oxygen atoms in total. The van der Waals surface area contributed by atoms with Gasteiger partial charge in [0, 0.05) is 5.25 Å². The van der Waals surface area contributed by atoms with Crippen molar-refractivity contribution in [3.63, 3.8) is 0 Å². The zero-order chi connectivity index (χ0) is 8.91. The predicted molar refractivity (Wildman–Crippen MR) is 56.4 cm³/mol. The third-order valence-corrected chi connectivity index (χ3v) is 4.12. The molecule has 0 aromatic rings. The summed E-state index contributed by atoms with van der Waals surface area (Å²) < 4.78 is 0. The summed E-state index contributed by atoms with van der Waals surface area (Å²) in [6, 6.07) is 0. The minimum Gasteiger partial charge on any atom is -0.175 e. The molecule has 68 valence electrons. The Morgan fingerprint density at radius 2 is 1.36 bits per heavy atom. The fourth-order valence-electron chi connectivity index (χ4n) is 1.89. The van der Waals surface area contributed by atoms with Crippen molar-refractivity contribution in [3.8, 4) is 0 Å². The second-order valence-electron chi connectivity index (χ2n) is 3.35. The van der Waals surface area contributed by atoms with Gasteiger partial charge >= 0.3 is 0 Å². The summed E-state index contributed by atoms with van der Waals surface area (Å²) in [4.78, 5) is 0. The second kappa shape index (κ2) is 5.08. The van der Waals surface area contributed by atoms with Crippen molar-refractivity contribution in [2.75, 3.05) is 0 Å². The van der Waals surface area contributed by atoms with E-state index in [4.69, 9.17) is 0 Å². The molecule has 0 N–H and O–H groups in total. The standard InChI is InChI=1S/C10H22S/c1-5-9(11)10(6-2,7-3)8-4/h9,11H,5-8H2,1-4H3. The van der Waals surface area contributed by atoms with Crippen LogP contribution < -0.4 is 0 Å². The highest BCUT2D eigenvalue weighted by atomic mass is 32.1. The lowest BCUT2D eigenvalue weighted by molar-refractivity contribution is 0.238. The Kier molecular flexibility index (Phi) is 5.24. The molecule has 1 heteroatoms. The maximum atomic E-state index is 4.65. The lowest BCUT2D eigenvalue weighted by atomic mass is 9.76. The van der Waals surface area contributed by atoms with E-state index in [1.807, 2.05) is 0 Å². The van der Waals surface area contributed by atoms with E-state index >= 15 is 0 Å².